The molecule has 4 heteroatoms. The molecular weight excluding hydrogens is 182 g/mol. The van der Waals surface area contributed by atoms with Crippen LogP contribution in [-0.2, 0) is 6.42 Å². The standard InChI is InChI=1S/C10H11NO3/c12-10(13)14-8-3-4-9-7(6-8)2-1-5-11-9/h3-4,6,11H,1-2,5H2,(H,12,13). The van der Waals surface area contributed by atoms with Crippen LogP contribution in [0.25, 0.3) is 0 Å². The molecule has 14 heavy (non-hydrogen) atoms. The van der Waals surface area contributed by atoms with Crippen molar-refractivity contribution in [2.75, 3.05) is 11.9 Å². The van der Waals surface area contributed by atoms with Crippen LogP contribution < -0.4 is 10.1 Å². The van der Waals surface area contributed by atoms with Crippen molar-refractivity contribution < 1.29 is 14.6 Å². The van der Waals surface area contributed by atoms with Crippen molar-refractivity contribution in [3.8, 4) is 5.75 Å². The molecule has 1 aliphatic rings. The van der Waals surface area contributed by atoms with Crippen molar-refractivity contribution in [1.29, 1.82) is 0 Å². The highest BCUT2D eigenvalue weighted by molar-refractivity contribution is 5.63. The maximum Gasteiger partial charge on any atom is 0.511 e. The Hall–Kier alpha value is -1.71. The van der Waals surface area contributed by atoms with E-state index in [1.807, 2.05) is 6.07 Å². The quantitative estimate of drug-likeness (QED) is 0.529. The van der Waals surface area contributed by atoms with Gasteiger partial charge in [-0.25, -0.2) is 4.79 Å². The van der Waals surface area contributed by atoms with Gasteiger partial charge in [-0.3, -0.25) is 0 Å². The van der Waals surface area contributed by atoms with Crippen molar-refractivity contribution in [2.24, 2.45) is 0 Å². The van der Waals surface area contributed by atoms with Crippen molar-refractivity contribution in [3.05, 3.63) is 23.8 Å². The van der Waals surface area contributed by atoms with Gasteiger partial charge in [0, 0.05) is 12.2 Å². The van der Waals surface area contributed by atoms with Gasteiger partial charge in [0.15, 0.2) is 0 Å². The molecule has 0 aliphatic carbocycles. The molecule has 0 spiro atoms. The summed E-state index contributed by atoms with van der Waals surface area (Å²) in [5.41, 5.74) is 2.20. The predicted molar refractivity (Wildman–Crippen MR) is 51.9 cm³/mol. The molecule has 0 saturated heterocycles. The first-order valence-corrected chi connectivity index (χ1v) is 4.53. The highest BCUT2D eigenvalue weighted by Gasteiger charge is 2.10. The fourth-order valence-corrected chi connectivity index (χ4v) is 1.62. The monoisotopic (exact) mass is 193 g/mol. The average Bonchev–Trinajstić information content (AvgIpc) is 2.17. The molecule has 0 aromatic heterocycles. The smallest absolute Gasteiger partial charge is 0.449 e. The first-order valence-electron chi connectivity index (χ1n) is 4.53. The van der Waals surface area contributed by atoms with Crippen molar-refractivity contribution in [1.82, 2.24) is 0 Å². The first-order chi connectivity index (χ1) is 6.75. The topological polar surface area (TPSA) is 58.6 Å². The van der Waals surface area contributed by atoms with E-state index in [1.165, 1.54) is 0 Å². The van der Waals surface area contributed by atoms with E-state index in [0.29, 0.717) is 5.75 Å². The van der Waals surface area contributed by atoms with E-state index in [9.17, 15) is 4.79 Å². The van der Waals surface area contributed by atoms with Crippen LogP contribution in [0.15, 0.2) is 18.2 Å². The molecule has 0 unspecified atom stereocenters. The van der Waals surface area contributed by atoms with E-state index in [0.717, 1.165) is 30.6 Å². The Bertz CT molecular complexity index is 362. The zero-order chi connectivity index (χ0) is 9.97. The molecule has 74 valence electrons. The second-order valence-electron chi connectivity index (χ2n) is 3.22. The number of ether oxygens (including phenoxy) is 1. The number of aryl methyl sites for hydroxylation is 1. The molecule has 0 atom stereocenters. The third-order valence-corrected chi connectivity index (χ3v) is 2.22. The van der Waals surface area contributed by atoms with Crippen molar-refractivity contribution in [2.45, 2.75) is 12.8 Å². The lowest BCUT2D eigenvalue weighted by Crippen LogP contribution is -2.12. The summed E-state index contributed by atoms with van der Waals surface area (Å²) in [6, 6.07) is 5.29. The number of carboxylic acid groups (broad SMARTS) is 1. The molecular formula is C10H11NO3. The van der Waals surface area contributed by atoms with Crippen LogP contribution in [0.4, 0.5) is 10.5 Å². The fraction of sp³-hybridized carbons (Fsp3) is 0.300. The lowest BCUT2D eigenvalue weighted by atomic mass is 10.0. The molecule has 4 nitrogen and oxygen atoms in total. The summed E-state index contributed by atoms with van der Waals surface area (Å²) in [5, 5.41) is 11.7. The molecule has 0 radical (unpaired) electrons. The Morgan fingerprint density at radius 3 is 3.14 bits per heavy atom. The SMILES string of the molecule is O=C(O)Oc1ccc2c(c1)CCCN2. The highest BCUT2D eigenvalue weighted by Crippen LogP contribution is 2.26. The third-order valence-electron chi connectivity index (χ3n) is 2.22. The number of nitrogens with one attached hydrogen (secondary N) is 1. The molecule has 1 aromatic carbocycles. The van der Waals surface area contributed by atoms with Crippen LogP contribution in [0, 0.1) is 0 Å². The van der Waals surface area contributed by atoms with Gasteiger partial charge in [0.05, 0.1) is 0 Å². The minimum absolute atomic E-state index is 0.389. The van der Waals surface area contributed by atoms with E-state index < -0.39 is 6.16 Å². The number of fused-ring (bicyclic) bond motifs is 1. The van der Waals surface area contributed by atoms with Crippen LogP contribution in [-0.4, -0.2) is 17.8 Å². The lowest BCUT2D eigenvalue weighted by molar-refractivity contribution is 0.144. The van der Waals surface area contributed by atoms with Crippen LogP contribution >= 0.6 is 0 Å². The lowest BCUT2D eigenvalue weighted by Gasteiger charge is -2.17. The Kier molecular flexibility index (Phi) is 2.26. The Morgan fingerprint density at radius 1 is 1.50 bits per heavy atom. The van der Waals surface area contributed by atoms with Gasteiger partial charge in [-0.05, 0) is 36.6 Å². The summed E-state index contributed by atoms with van der Waals surface area (Å²) in [6.07, 6.45) is 0.775. The highest BCUT2D eigenvalue weighted by atomic mass is 16.7. The normalized spacial score (nSPS) is 14.0. The number of anilines is 1. The summed E-state index contributed by atoms with van der Waals surface area (Å²) in [6.45, 7) is 0.978. The van der Waals surface area contributed by atoms with Gasteiger partial charge in [0.1, 0.15) is 5.75 Å². The Labute approximate surface area is 81.5 Å². The van der Waals surface area contributed by atoms with E-state index in [-0.39, 0.29) is 0 Å². The van der Waals surface area contributed by atoms with Crippen LogP contribution in [0.1, 0.15) is 12.0 Å². The van der Waals surface area contributed by atoms with E-state index >= 15 is 0 Å². The van der Waals surface area contributed by atoms with Crippen LogP contribution in [0.5, 0.6) is 5.75 Å². The molecule has 0 bridgehead atoms. The minimum Gasteiger partial charge on any atom is -0.449 e. The van der Waals surface area contributed by atoms with Gasteiger partial charge < -0.3 is 15.2 Å². The van der Waals surface area contributed by atoms with Crippen molar-refractivity contribution in [3.63, 3.8) is 0 Å². The zero-order valence-electron chi connectivity index (χ0n) is 7.62. The van der Waals surface area contributed by atoms with Crippen molar-refractivity contribution >= 4 is 11.8 Å². The first kappa shape index (κ1) is 8.87. The van der Waals surface area contributed by atoms with Gasteiger partial charge in [-0.1, -0.05) is 0 Å². The molecule has 2 N–H and O–H groups in total. The molecule has 1 aromatic rings. The predicted octanol–water partition coefficient (Wildman–Crippen LogP) is 2.10. The molecule has 1 aliphatic heterocycles. The van der Waals surface area contributed by atoms with Gasteiger partial charge in [-0.15, -0.1) is 0 Å². The molecule has 0 fully saturated rings. The number of hydrogen-bond acceptors (Lipinski definition) is 3. The minimum atomic E-state index is -1.27. The second-order valence-corrected chi connectivity index (χ2v) is 3.22. The molecule has 0 amide bonds. The molecule has 1 heterocycles. The number of hydrogen-bond donors (Lipinski definition) is 2. The number of benzene rings is 1. The number of rotatable bonds is 1. The van der Waals surface area contributed by atoms with E-state index in [4.69, 9.17) is 5.11 Å². The fourth-order valence-electron chi connectivity index (χ4n) is 1.62. The summed E-state index contributed by atoms with van der Waals surface area (Å²) < 4.78 is 4.57. The van der Waals surface area contributed by atoms with E-state index in [1.54, 1.807) is 12.1 Å². The molecule has 2 rings (SSSR count). The largest absolute Gasteiger partial charge is 0.511 e. The maximum absolute atomic E-state index is 10.3. The third kappa shape index (κ3) is 1.79. The summed E-state index contributed by atoms with van der Waals surface area (Å²) in [7, 11) is 0. The summed E-state index contributed by atoms with van der Waals surface area (Å²) >= 11 is 0. The van der Waals surface area contributed by atoms with Gasteiger partial charge in [0.2, 0.25) is 0 Å². The zero-order valence-corrected chi connectivity index (χ0v) is 7.62. The number of carbonyl (C=O) groups is 1. The van der Waals surface area contributed by atoms with Gasteiger partial charge in [0.25, 0.3) is 0 Å². The second kappa shape index (κ2) is 3.57. The summed E-state index contributed by atoms with van der Waals surface area (Å²) in [4.78, 5) is 10.3. The molecule has 0 saturated carbocycles. The van der Waals surface area contributed by atoms with Gasteiger partial charge in [-0.2, -0.15) is 0 Å². The van der Waals surface area contributed by atoms with Gasteiger partial charge >= 0.3 is 6.16 Å². The van der Waals surface area contributed by atoms with Crippen LogP contribution in [0.3, 0.4) is 0 Å². The summed E-state index contributed by atoms with van der Waals surface area (Å²) in [5.74, 6) is 0.389. The average molecular weight is 193 g/mol. The Balaban J connectivity index is 2.24. The van der Waals surface area contributed by atoms with Crippen LogP contribution in [0.2, 0.25) is 0 Å². The Morgan fingerprint density at radius 2 is 2.36 bits per heavy atom. The van der Waals surface area contributed by atoms with E-state index in [2.05, 4.69) is 10.1 Å². The maximum atomic E-state index is 10.3.